The molecule has 27 heavy (non-hydrogen) atoms. The van der Waals surface area contributed by atoms with E-state index in [1.807, 2.05) is 20.8 Å². The Morgan fingerprint density at radius 3 is 2.52 bits per heavy atom. The third-order valence-corrected chi connectivity index (χ3v) is 4.45. The molecule has 0 saturated heterocycles. The van der Waals surface area contributed by atoms with Gasteiger partial charge in [-0.3, -0.25) is 4.79 Å². The van der Waals surface area contributed by atoms with Crippen LogP contribution in [0.3, 0.4) is 0 Å². The molecular formula is C22H38N2O3. The van der Waals surface area contributed by atoms with Gasteiger partial charge in [-0.1, -0.05) is 13.8 Å². The molecule has 0 saturated carbocycles. The number of nitrogens with one attached hydrogen (secondary N) is 1. The summed E-state index contributed by atoms with van der Waals surface area (Å²) < 4.78 is 10.4. The molecule has 1 N–H and O–H groups in total. The van der Waals surface area contributed by atoms with Gasteiger partial charge in [0.15, 0.2) is 0 Å². The predicted molar refractivity (Wildman–Crippen MR) is 113 cm³/mol. The van der Waals surface area contributed by atoms with E-state index in [-0.39, 0.29) is 5.60 Å². The Hall–Kier alpha value is -1.75. The number of carbonyl (C=O) groups is 1. The topological polar surface area (TPSA) is 50.8 Å². The molecule has 1 heterocycles. The Morgan fingerprint density at radius 2 is 1.93 bits per heavy atom. The van der Waals surface area contributed by atoms with Crippen LogP contribution in [0.4, 0.5) is 5.69 Å². The van der Waals surface area contributed by atoms with Crippen LogP contribution in [0.15, 0.2) is 18.2 Å². The van der Waals surface area contributed by atoms with Gasteiger partial charge in [-0.25, -0.2) is 0 Å². The van der Waals surface area contributed by atoms with E-state index in [1.165, 1.54) is 37.1 Å². The molecule has 0 radical (unpaired) electrons. The summed E-state index contributed by atoms with van der Waals surface area (Å²) in [5.41, 5.74) is 2.36. The smallest absolute Gasteiger partial charge is 0.293 e. The molecule has 0 bridgehead atoms. The van der Waals surface area contributed by atoms with Crippen molar-refractivity contribution in [3.05, 3.63) is 23.8 Å². The summed E-state index contributed by atoms with van der Waals surface area (Å²) in [4.78, 5) is 12.1. The first kappa shape index (κ1) is 23.3. The van der Waals surface area contributed by atoms with Crippen molar-refractivity contribution in [2.75, 3.05) is 38.1 Å². The molecule has 1 aromatic carbocycles. The monoisotopic (exact) mass is 378 g/mol. The molecule has 5 nitrogen and oxygen atoms in total. The zero-order chi connectivity index (χ0) is 20.1. The van der Waals surface area contributed by atoms with Crippen molar-refractivity contribution in [3.63, 3.8) is 0 Å². The zero-order valence-electron chi connectivity index (χ0n) is 17.8. The van der Waals surface area contributed by atoms with Gasteiger partial charge < -0.3 is 19.7 Å². The van der Waals surface area contributed by atoms with Crippen molar-refractivity contribution < 1.29 is 14.3 Å². The third-order valence-electron chi connectivity index (χ3n) is 4.45. The number of aryl methyl sites for hydroxylation is 1. The molecular weight excluding hydrogens is 340 g/mol. The van der Waals surface area contributed by atoms with E-state index in [4.69, 9.17) is 4.74 Å². The van der Waals surface area contributed by atoms with Gasteiger partial charge in [-0.15, -0.1) is 0 Å². The molecule has 0 amide bonds. The maximum absolute atomic E-state index is 9.60. The number of nitrogens with zero attached hydrogens (tertiary/aromatic N) is 1. The molecule has 1 aliphatic heterocycles. The molecule has 1 aromatic rings. The van der Waals surface area contributed by atoms with Crippen molar-refractivity contribution in [1.29, 1.82) is 0 Å². The highest BCUT2D eigenvalue weighted by Gasteiger charge is 2.09. The summed E-state index contributed by atoms with van der Waals surface area (Å²) in [5.74, 6) is 1.02. The second kappa shape index (κ2) is 12.6. The summed E-state index contributed by atoms with van der Waals surface area (Å²) in [6.07, 6.45) is 4.74. The van der Waals surface area contributed by atoms with Crippen molar-refractivity contribution >= 4 is 12.2 Å². The molecule has 0 unspecified atom stereocenters. The first-order chi connectivity index (χ1) is 12.9. The minimum absolute atomic E-state index is 0.318. The molecule has 0 aromatic heterocycles. The number of hydrogen-bond acceptors (Lipinski definition) is 5. The number of ether oxygens (including phenoxy) is 2. The Labute approximate surface area is 165 Å². The van der Waals surface area contributed by atoms with Crippen LogP contribution >= 0.6 is 0 Å². The Balaban J connectivity index is 0.000000445. The molecule has 2 rings (SSSR count). The van der Waals surface area contributed by atoms with Crippen LogP contribution in [0.2, 0.25) is 0 Å². The highest BCUT2D eigenvalue weighted by molar-refractivity contribution is 5.55. The van der Waals surface area contributed by atoms with Gasteiger partial charge in [0.2, 0.25) is 0 Å². The number of unbranched alkanes of at least 4 members (excludes halogenated alkanes) is 1. The third kappa shape index (κ3) is 10.2. The second-order valence-electron chi connectivity index (χ2n) is 7.76. The van der Waals surface area contributed by atoms with Gasteiger partial charge in [0.05, 0.1) is 6.61 Å². The number of rotatable bonds is 9. The predicted octanol–water partition coefficient (Wildman–Crippen LogP) is 4.50. The number of carbonyl (C=O) groups excluding carboxylic acids is 1. The lowest BCUT2D eigenvalue weighted by atomic mass is 10.0. The van der Waals surface area contributed by atoms with Gasteiger partial charge in [-0.2, -0.15) is 0 Å². The Kier molecular flexibility index (Phi) is 10.9. The summed E-state index contributed by atoms with van der Waals surface area (Å²) in [7, 11) is 0. The molecule has 1 aliphatic rings. The van der Waals surface area contributed by atoms with Crippen LogP contribution in [0.25, 0.3) is 0 Å². The number of hydrogen-bond donors (Lipinski definition) is 1. The van der Waals surface area contributed by atoms with E-state index in [2.05, 4.69) is 47.0 Å². The average Bonchev–Trinajstić information content (AvgIpc) is 2.64. The second-order valence-corrected chi connectivity index (χ2v) is 7.76. The molecule has 0 atom stereocenters. The van der Waals surface area contributed by atoms with E-state index in [1.54, 1.807) is 0 Å². The van der Waals surface area contributed by atoms with Gasteiger partial charge in [0.25, 0.3) is 6.47 Å². The van der Waals surface area contributed by atoms with Crippen LogP contribution < -0.4 is 10.1 Å². The molecule has 0 fully saturated rings. The van der Waals surface area contributed by atoms with E-state index >= 15 is 0 Å². The van der Waals surface area contributed by atoms with Gasteiger partial charge in [0.1, 0.15) is 11.4 Å². The Bertz CT molecular complexity index is 537. The minimum atomic E-state index is -0.318. The highest BCUT2D eigenvalue weighted by Crippen LogP contribution is 2.26. The summed E-state index contributed by atoms with van der Waals surface area (Å²) >= 11 is 0. The van der Waals surface area contributed by atoms with E-state index in [0.29, 0.717) is 6.47 Å². The molecule has 154 valence electrons. The first-order valence-corrected chi connectivity index (χ1v) is 10.2. The number of benzene rings is 1. The van der Waals surface area contributed by atoms with E-state index in [9.17, 15) is 4.79 Å². The highest BCUT2D eigenvalue weighted by atomic mass is 16.5. The van der Waals surface area contributed by atoms with Gasteiger partial charge in [-0.05, 0) is 89.9 Å². The zero-order valence-corrected chi connectivity index (χ0v) is 17.8. The lowest BCUT2D eigenvalue weighted by molar-refractivity contribution is -0.138. The van der Waals surface area contributed by atoms with Crippen molar-refractivity contribution in [1.82, 2.24) is 4.90 Å². The van der Waals surface area contributed by atoms with Gasteiger partial charge >= 0.3 is 0 Å². The summed E-state index contributed by atoms with van der Waals surface area (Å²) in [6.45, 7) is 15.8. The maximum Gasteiger partial charge on any atom is 0.293 e. The van der Waals surface area contributed by atoms with Crippen molar-refractivity contribution in [2.24, 2.45) is 0 Å². The largest absolute Gasteiger partial charge is 0.494 e. The van der Waals surface area contributed by atoms with Crippen LogP contribution in [0, 0.1) is 0 Å². The lowest BCUT2D eigenvalue weighted by Crippen LogP contribution is -2.24. The lowest BCUT2D eigenvalue weighted by Gasteiger charge is -2.19. The fourth-order valence-corrected chi connectivity index (χ4v) is 2.85. The standard InChI is InChI=1S/C17H28N2O.C5H10O2/c1-3-19(4-2)12-5-6-13-20-16-9-10-17-15(14-16)8-7-11-18-17;1-5(2,3)7-4-6/h9-10,14,18H,3-8,11-13H2,1-2H3;4H,1-3H3. The molecule has 5 heteroatoms. The average molecular weight is 379 g/mol. The fourth-order valence-electron chi connectivity index (χ4n) is 2.85. The van der Waals surface area contributed by atoms with Crippen LogP contribution in [0.1, 0.15) is 59.4 Å². The quantitative estimate of drug-likeness (QED) is 0.506. The summed E-state index contributed by atoms with van der Waals surface area (Å²) in [5, 5.41) is 3.43. The van der Waals surface area contributed by atoms with Crippen LogP contribution in [-0.2, 0) is 16.0 Å². The normalized spacial score (nSPS) is 13.1. The van der Waals surface area contributed by atoms with Gasteiger partial charge in [0, 0.05) is 12.2 Å². The first-order valence-electron chi connectivity index (χ1n) is 10.2. The summed E-state index contributed by atoms with van der Waals surface area (Å²) in [6, 6.07) is 6.44. The number of anilines is 1. The Morgan fingerprint density at radius 1 is 1.19 bits per heavy atom. The SMILES string of the molecule is CC(C)(C)OC=O.CCN(CC)CCCCOc1ccc2c(c1)CCCN2. The van der Waals surface area contributed by atoms with Crippen molar-refractivity contribution in [2.45, 2.75) is 65.9 Å². The van der Waals surface area contributed by atoms with Crippen LogP contribution in [-0.4, -0.2) is 49.8 Å². The van der Waals surface area contributed by atoms with Crippen molar-refractivity contribution in [3.8, 4) is 5.75 Å². The number of fused-ring (bicyclic) bond motifs is 1. The maximum atomic E-state index is 9.60. The van der Waals surface area contributed by atoms with E-state index < -0.39 is 0 Å². The minimum Gasteiger partial charge on any atom is -0.494 e. The molecule has 0 spiro atoms. The fraction of sp³-hybridized carbons (Fsp3) is 0.682. The van der Waals surface area contributed by atoms with E-state index in [0.717, 1.165) is 38.4 Å². The molecule has 0 aliphatic carbocycles. The van der Waals surface area contributed by atoms with Crippen LogP contribution in [0.5, 0.6) is 5.75 Å².